The number of allylic oxidation sites excluding steroid dienone is 1. The first-order valence-corrected chi connectivity index (χ1v) is 10.7. The standard InChI is InChI=1S/C22H40O4/c1-2-3-4-5-6-7-8-9-10-11-12-13-14-15-16-17-18-19-20(21(23)24)22(25)26/h18-20H,2-17H2,1H3,(H,23,24)(H,25,26)/b19-18+. The van der Waals surface area contributed by atoms with Gasteiger partial charge in [-0.3, -0.25) is 9.59 Å². The van der Waals surface area contributed by atoms with Crippen LogP contribution in [0.3, 0.4) is 0 Å². The summed E-state index contributed by atoms with van der Waals surface area (Å²) in [5, 5.41) is 17.5. The van der Waals surface area contributed by atoms with Crippen molar-refractivity contribution >= 4 is 11.9 Å². The molecular formula is C22H40O4. The number of carboxylic acids is 2. The third kappa shape index (κ3) is 16.2. The Morgan fingerprint density at radius 2 is 1.00 bits per heavy atom. The highest BCUT2D eigenvalue weighted by Crippen LogP contribution is 2.14. The molecule has 0 aromatic rings. The lowest BCUT2D eigenvalue weighted by Gasteiger charge is -2.03. The first-order chi connectivity index (χ1) is 12.6. The van der Waals surface area contributed by atoms with E-state index in [1.54, 1.807) is 6.08 Å². The number of carboxylic acid groups (broad SMARTS) is 2. The zero-order valence-corrected chi connectivity index (χ0v) is 16.8. The second kappa shape index (κ2) is 18.5. The van der Waals surface area contributed by atoms with Crippen LogP contribution in [0.5, 0.6) is 0 Å². The Bertz CT molecular complexity index is 362. The van der Waals surface area contributed by atoms with Crippen LogP contribution in [-0.4, -0.2) is 22.2 Å². The molecule has 0 aliphatic carbocycles. The van der Waals surface area contributed by atoms with Gasteiger partial charge in [-0.25, -0.2) is 0 Å². The maximum atomic E-state index is 10.7. The van der Waals surface area contributed by atoms with Gasteiger partial charge in [0, 0.05) is 0 Å². The van der Waals surface area contributed by atoms with E-state index < -0.39 is 17.9 Å². The fraction of sp³-hybridized carbons (Fsp3) is 0.818. The topological polar surface area (TPSA) is 74.6 Å². The Morgan fingerprint density at radius 1 is 0.654 bits per heavy atom. The molecule has 2 N–H and O–H groups in total. The zero-order valence-electron chi connectivity index (χ0n) is 16.8. The minimum absolute atomic E-state index is 0.759. The van der Waals surface area contributed by atoms with Gasteiger partial charge in [0.1, 0.15) is 0 Å². The molecule has 0 spiro atoms. The summed E-state index contributed by atoms with van der Waals surface area (Å²) in [6, 6.07) is 0. The number of carbonyl (C=O) groups is 2. The second-order valence-corrected chi connectivity index (χ2v) is 7.32. The van der Waals surface area contributed by atoms with E-state index in [1.165, 1.54) is 89.5 Å². The molecule has 0 saturated carbocycles. The van der Waals surface area contributed by atoms with E-state index in [9.17, 15) is 9.59 Å². The third-order valence-electron chi connectivity index (χ3n) is 4.83. The molecular weight excluding hydrogens is 328 g/mol. The van der Waals surface area contributed by atoms with Gasteiger partial charge in [-0.1, -0.05) is 109 Å². The predicted molar refractivity (Wildman–Crippen MR) is 107 cm³/mol. The van der Waals surface area contributed by atoms with Crippen LogP contribution in [0, 0.1) is 5.92 Å². The van der Waals surface area contributed by atoms with Crippen LogP contribution in [0.2, 0.25) is 0 Å². The Labute approximate surface area is 160 Å². The lowest BCUT2D eigenvalue weighted by molar-refractivity contribution is -0.151. The summed E-state index contributed by atoms with van der Waals surface area (Å²) in [4.78, 5) is 21.4. The zero-order chi connectivity index (χ0) is 19.5. The summed E-state index contributed by atoms with van der Waals surface area (Å²) >= 11 is 0. The van der Waals surface area contributed by atoms with Crippen LogP contribution in [0.15, 0.2) is 12.2 Å². The van der Waals surface area contributed by atoms with E-state index in [-0.39, 0.29) is 0 Å². The van der Waals surface area contributed by atoms with Gasteiger partial charge in [0.05, 0.1) is 0 Å². The van der Waals surface area contributed by atoms with Crippen molar-refractivity contribution in [3.63, 3.8) is 0 Å². The van der Waals surface area contributed by atoms with E-state index >= 15 is 0 Å². The van der Waals surface area contributed by atoms with Gasteiger partial charge in [-0.15, -0.1) is 0 Å². The number of hydrogen-bond donors (Lipinski definition) is 2. The van der Waals surface area contributed by atoms with Gasteiger partial charge < -0.3 is 10.2 Å². The van der Waals surface area contributed by atoms with Crippen molar-refractivity contribution in [3.8, 4) is 0 Å². The third-order valence-corrected chi connectivity index (χ3v) is 4.83. The van der Waals surface area contributed by atoms with Crippen molar-refractivity contribution in [3.05, 3.63) is 12.2 Å². The highest BCUT2D eigenvalue weighted by Gasteiger charge is 2.21. The van der Waals surface area contributed by atoms with Crippen molar-refractivity contribution in [1.29, 1.82) is 0 Å². The quantitative estimate of drug-likeness (QED) is 0.153. The van der Waals surface area contributed by atoms with Gasteiger partial charge in [0.25, 0.3) is 0 Å². The molecule has 0 amide bonds. The molecule has 0 unspecified atom stereocenters. The normalized spacial score (nSPS) is 11.5. The van der Waals surface area contributed by atoms with Crippen molar-refractivity contribution in [1.82, 2.24) is 0 Å². The Morgan fingerprint density at radius 3 is 1.35 bits per heavy atom. The maximum absolute atomic E-state index is 10.7. The summed E-state index contributed by atoms with van der Waals surface area (Å²) in [5.41, 5.74) is 0. The van der Waals surface area contributed by atoms with Gasteiger partial charge >= 0.3 is 11.9 Å². The van der Waals surface area contributed by atoms with Crippen LogP contribution in [0.1, 0.15) is 110 Å². The van der Waals surface area contributed by atoms with E-state index in [4.69, 9.17) is 10.2 Å². The first-order valence-electron chi connectivity index (χ1n) is 10.7. The number of aliphatic carboxylic acids is 2. The molecule has 0 aromatic carbocycles. The fourth-order valence-corrected chi connectivity index (χ4v) is 3.14. The Kier molecular flexibility index (Phi) is 17.5. The molecule has 0 fully saturated rings. The summed E-state index contributed by atoms with van der Waals surface area (Å²) < 4.78 is 0. The number of unbranched alkanes of at least 4 members (excludes halogenated alkanes) is 15. The van der Waals surface area contributed by atoms with Gasteiger partial charge in [0.2, 0.25) is 0 Å². The number of hydrogen-bond acceptors (Lipinski definition) is 2. The van der Waals surface area contributed by atoms with Crippen LogP contribution >= 0.6 is 0 Å². The van der Waals surface area contributed by atoms with Crippen molar-refractivity contribution in [2.24, 2.45) is 5.92 Å². The molecule has 0 aliphatic heterocycles. The molecule has 0 heterocycles. The molecule has 0 aromatic heterocycles. The van der Waals surface area contributed by atoms with Gasteiger partial charge in [0.15, 0.2) is 5.92 Å². The van der Waals surface area contributed by atoms with E-state index in [0.29, 0.717) is 0 Å². The van der Waals surface area contributed by atoms with Crippen LogP contribution < -0.4 is 0 Å². The molecule has 0 saturated heterocycles. The predicted octanol–water partition coefficient (Wildman–Crippen LogP) is 6.59. The van der Waals surface area contributed by atoms with Crippen molar-refractivity contribution in [2.75, 3.05) is 0 Å². The lowest BCUT2D eigenvalue weighted by atomic mass is 10.0. The molecule has 0 atom stereocenters. The van der Waals surface area contributed by atoms with E-state index in [2.05, 4.69) is 6.92 Å². The van der Waals surface area contributed by atoms with E-state index in [0.717, 1.165) is 19.3 Å². The average molecular weight is 369 g/mol. The van der Waals surface area contributed by atoms with Crippen molar-refractivity contribution < 1.29 is 19.8 Å². The Balaban J connectivity index is 3.29. The van der Waals surface area contributed by atoms with E-state index in [1.807, 2.05) is 0 Å². The van der Waals surface area contributed by atoms with Gasteiger partial charge in [-0.2, -0.15) is 0 Å². The summed E-state index contributed by atoms with van der Waals surface area (Å²) in [5.74, 6) is -4.01. The smallest absolute Gasteiger partial charge is 0.321 e. The molecule has 0 rings (SSSR count). The molecule has 4 heteroatoms. The van der Waals surface area contributed by atoms with Crippen molar-refractivity contribution in [2.45, 2.75) is 110 Å². The minimum atomic E-state index is -1.41. The maximum Gasteiger partial charge on any atom is 0.321 e. The highest BCUT2D eigenvalue weighted by atomic mass is 16.4. The lowest BCUT2D eigenvalue weighted by Crippen LogP contribution is -2.20. The van der Waals surface area contributed by atoms with Crippen LogP contribution in [-0.2, 0) is 9.59 Å². The molecule has 4 nitrogen and oxygen atoms in total. The second-order valence-electron chi connectivity index (χ2n) is 7.32. The summed E-state index contributed by atoms with van der Waals surface area (Å²) in [6.07, 6.45) is 23.5. The molecule has 0 aliphatic rings. The largest absolute Gasteiger partial charge is 0.480 e. The highest BCUT2D eigenvalue weighted by molar-refractivity contribution is 5.94. The van der Waals surface area contributed by atoms with Gasteiger partial charge in [-0.05, 0) is 12.8 Å². The summed E-state index contributed by atoms with van der Waals surface area (Å²) in [7, 11) is 0. The first kappa shape index (κ1) is 24.7. The molecule has 152 valence electrons. The average Bonchev–Trinajstić information content (AvgIpc) is 2.60. The minimum Gasteiger partial charge on any atom is -0.480 e. The molecule has 26 heavy (non-hydrogen) atoms. The summed E-state index contributed by atoms with van der Waals surface area (Å²) in [6.45, 7) is 2.26. The fourth-order valence-electron chi connectivity index (χ4n) is 3.14. The Hall–Kier alpha value is -1.32. The van der Waals surface area contributed by atoms with Crippen LogP contribution in [0.4, 0.5) is 0 Å². The molecule has 0 radical (unpaired) electrons. The monoisotopic (exact) mass is 368 g/mol. The molecule has 0 bridgehead atoms. The SMILES string of the molecule is CCCCCCCCCCCCCCCCC/C=C/C(C(=O)O)C(=O)O. The number of rotatable bonds is 19. The van der Waals surface area contributed by atoms with Crippen LogP contribution in [0.25, 0.3) is 0 Å².